The quantitative estimate of drug-likeness (QED) is 0.508. The van der Waals surface area contributed by atoms with Gasteiger partial charge in [0.15, 0.2) is 0 Å². The fraction of sp³-hybridized carbons (Fsp3) is 0.938. The van der Waals surface area contributed by atoms with Crippen LogP contribution in [0.5, 0.6) is 0 Å². The lowest BCUT2D eigenvalue weighted by Crippen LogP contribution is -2.24. The molecule has 0 aromatic rings. The lowest BCUT2D eigenvalue weighted by Gasteiger charge is -2.35. The minimum atomic E-state index is 0.382. The summed E-state index contributed by atoms with van der Waals surface area (Å²) in [5, 5.41) is 0. The van der Waals surface area contributed by atoms with Gasteiger partial charge in [-0.3, -0.25) is 0 Å². The Hall–Kier alpha value is 0. The maximum Gasteiger partial charge on any atom is -0.0298 e. The topological polar surface area (TPSA) is 0 Å². The van der Waals surface area contributed by atoms with Gasteiger partial charge in [0, 0.05) is 0 Å². The van der Waals surface area contributed by atoms with Crippen molar-refractivity contribution in [1.29, 1.82) is 0 Å². The average Bonchev–Trinajstić information content (AvgIpc) is 2.07. The van der Waals surface area contributed by atoms with Crippen LogP contribution >= 0.6 is 0 Å². The van der Waals surface area contributed by atoms with Crippen molar-refractivity contribution in [3.05, 3.63) is 6.42 Å². The molecule has 1 atom stereocenters. The van der Waals surface area contributed by atoms with Crippen molar-refractivity contribution < 1.29 is 0 Å². The molecule has 0 N–H and O–H groups in total. The van der Waals surface area contributed by atoms with Crippen molar-refractivity contribution in [2.24, 2.45) is 16.7 Å². The first-order valence-electron chi connectivity index (χ1n) is 7.06. The summed E-state index contributed by atoms with van der Waals surface area (Å²) in [6.45, 7) is 16.4. The molecule has 0 heterocycles. The van der Waals surface area contributed by atoms with Gasteiger partial charge in [-0.1, -0.05) is 74.1 Å². The summed E-state index contributed by atoms with van der Waals surface area (Å²) < 4.78 is 0. The van der Waals surface area contributed by atoms with Crippen molar-refractivity contribution in [1.82, 2.24) is 0 Å². The molecule has 1 unspecified atom stereocenters. The Morgan fingerprint density at radius 1 is 1.00 bits per heavy atom. The van der Waals surface area contributed by atoms with Gasteiger partial charge < -0.3 is 0 Å². The van der Waals surface area contributed by atoms with Gasteiger partial charge in [-0.2, -0.15) is 0 Å². The van der Waals surface area contributed by atoms with E-state index in [0.717, 1.165) is 5.92 Å². The molecule has 0 aliphatic carbocycles. The molecule has 97 valence electrons. The number of rotatable bonds is 7. The lowest BCUT2D eigenvalue weighted by atomic mass is 9.71. The molecule has 1 radical (unpaired) electrons. The molecular weight excluding hydrogens is 192 g/mol. The molecule has 0 bridgehead atoms. The van der Waals surface area contributed by atoms with E-state index >= 15 is 0 Å². The standard InChI is InChI=1S/C16H33/c1-8-10-11-14(9-2)12-16(6,7)13-15(3,4)5/h12,14H,8-11,13H2,1-7H3. The van der Waals surface area contributed by atoms with Crippen LogP contribution in [0.25, 0.3) is 0 Å². The van der Waals surface area contributed by atoms with E-state index in [1.165, 1.54) is 32.1 Å². The summed E-state index contributed by atoms with van der Waals surface area (Å²) in [4.78, 5) is 0. The maximum absolute atomic E-state index is 2.62. The third-order valence-electron chi connectivity index (χ3n) is 3.13. The van der Waals surface area contributed by atoms with Gasteiger partial charge >= 0.3 is 0 Å². The Morgan fingerprint density at radius 3 is 1.94 bits per heavy atom. The van der Waals surface area contributed by atoms with Crippen LogP contribution in [-0.4, -0.2) is 0 Å². The molecule has 0 saturated heterocycles. The predicted molar refractivity (Wildman–Crippen MR) is 75.5 cm³/mol. The van der Waals surface area contributed by atoms with Crippen LogP contribution in [0, 0.1) is 23.2 Å². The highest BCUT2D eigenvalue weighted by atomic mass is 14.3. The van der Waals surface area contributed by atoms with Crippen molar-refractivity contribution in [2.45, 2.75) is 80.6 Å². The first-order chi connectivity index (χ1) is 7.20. The Morgan fingerprint density at radius 2 is 1.56 bits per heavy atom. The molecule has 0 fully saturated rings. The summed E-state index contributed by atoms with van der Waals surface area (Å²) in [5.74, 6) is 0.817. The van der Waals surface area contributed by atoms with Gasteiger partial charge in [-0.05, 0) is 29.6 Å². The van der Waals surface area contributed by atoms with E-state index in [2.05, 4.69) is 54.9 Å². The number of hydrogen-bond acceptors (Lipinski definition) is 0. The van der Waals surface area contributed by atoms with E-state index < -0.39 is 0 Å². The summed E-state index contributed by atoms with van der Waals surface area (Å²) in [6.07, 6.45) is 9.27. The van der Waals surface area contributed by atoms with Crippen LogP contribution in [0.15, 0.2) is 0 Å². The van der Waals surface area contributed by atoms with E-state index in [0.29, 0.717) is 10.8 Å². The smallest absolute Gasteiger partial charge is 0.0298 e. The molecule has 0 heteroatoms. The monoisotopic (exact) mass is 225 g/mol. The van der Waals surface area contributed by atoms with Crippen LogP contribution in [-0.2, 0) is 0 Å². The highest BCUT2D eigenvalue weighted by Crippen LogP contribution is 2.38. The van der Waals surface area contributed by atoms with Crippen molar-refractivity contribution >= 4 is 0 Å². The van der Waals surface area contributed by atoms with Gasteiger partial charge in [0.2, 0.25) is 0 Å². The van der Waals surface area contributed by atoms with Crippen LogP contribution < -0.4 is 0 Å². The number of hydrogen-bond donors (Lipinski definition) is 0. The van der Waals surface area contributed by atoms with Gasteiger partial charge in [0.25, 0.3) is 0 Å². The molecule has 0 aliphatic rings. The third kappa shape index (κ3) is 8.19. The van der Waals surface area contributed by atoms with Crippen molar-refractivity contribution in [2.75, 3.05) is 0 Å². The normalized spacial score (nSPS) is 15.2. The minimum absolute atomic E-state index is 0.382. The second-order valence-corrected chi connectivity index (χ2v) is 7.20. The van der Waals surface area contributed by atoms with Crippen LogP contribution in [0.4, 0.5) is 0 Å². The van der Waals surface area contributed by atoms with Crippen LogP contribution in [0.1, 0.15) is 80.6 Å². The van der Waals surface area contributed by atoms with Crippen LogP contribution in [0.3, 0.4) is 0 Å². The zero-order chi connectivity index (χ0) is 12.8. The van der Waals surface area contributed by atoms with Gasteiger partial charge in [-0.25, -0.2) is 0 Å². The first-order valence-corrected chi connectivity index (χ1v) is 7.06. The maximum atomic E-state index is 2.62. The fourth-order valence-corrected chi connectivity index (χ4v) is 2.94. The molecule has 0 rings (SSSR count). The predicted octanol–water partition coefficient (Wildman–Crippen LogP) is 5.87. The molecule has 0 amide bonds. The Balaban J connectivity index is 4.19. The van der Waals surface area contributed by atoms with E-state index in [1.54, 1.807) is 0 Å². The van der Waals surface area contributed by atoms with Gasteiger partial charge in [-0.15, -0.1) is 0 Å². The summed E-state index contributed by atoms with van der Waals surface area (Å²) in [7, 11) is 0. The molecular formula is C16H33. The SMILES string of the molecule is CCCCC([CH]C(C)(C)CC(C)(C)C)CC. The first kappa shape index (κ1) is 16.0. The summed E-state index contributed by atoms with van der Waals surface area (Å²) in [6, 6.07) is 0. The van der Waals surface area contributed by atoms with Gasteiger partial charge in [0.05, 0.1) is 0 Å². The van der Waals surface area contributed by atoms with Crippen LogP contribution in [0.2, 0.25) is 0 Å². The zero-order valence-electron chi connectivity index (χ0n) is 12.7. The van der Waals surface area contributed by atoms with Crippen molar-refractivity contribution in [3.63, 3.8) is 0 Å². The summed E-state index contributed by atoms with van der Waals surface area (Å²) in [5.41, 5.74) is 0.815. The second-order valence-electron chi connectivity index (χ2n) is 7.20. The van der Waals surface area contributed by atoms with Gasteiger partial charge in [0.1, 0.15) is 0 Å². The highest BCUT2D eigenvalue weighted by molar-refractivity contribution is 4.92. The molecule has 16 heavy (non-hydrogen) atoms. The average molecular weight is 225 g/mol. The van der Waals surface area contributed by atoms with E-state index in [9.17, 15) is 0 Å². The van der Waals surface area contributed by atoms with E-state index in [1.807, 2.05) is 0 Å². The lowest BCUT2D eigenvalue weighted by molar-refractivity contribution is 0.223. The Bertz CT molecular complexity index is 171. The highest BCUT2D eigenvalue weighted by Gasteiger charge is 2.27. The van der Waals surface area contributed by atoms with E-state index in [-0.39, 0.29) is 0 Å². The largest absolute Gasteiger partial charge is 0.0654 e. The minimum Gasteiger partial charge on any atom is -0.0654 e. The molecule has 0 nitrogen and oxygen atoms in total. The Kier molecular flexibility index (Phi) is 6.67. The molecule has 0 aliphatic heterocycles. The number of unbranched alkanes of at least 4 members (excludes halogenated alkanes) is 1. The molecule has 0 aromatic carbocycles. The van der Waals surface area contributed by atoms with Crippen molar-refractivity contribution in [3.8, 4) is 0 Å². The molecule has 0 saturated carbocycles. The zero-order valence-corrected chi connectivity index (χ0v) is 12.7. The Labute approximate surface area is 104 Å². The second kappa shape index (κ2) is 6.67. The van der Waals surface area contributed by atoms with E-state index in [4.69, 9.17) is 0 Å². The fourth-order valence-electron chi connectivity index (χ4n) is 2.94. The molecule has 0 spiro atoms. The summed E-state index contributed by atoms with van der Waals surface area (Å²) >= 11 is 0. The molecule has 0 aromatic heterocycles. The third-order valence-corrected chi connectivity index (χ3v) is 3.13.